The van der Waals surface area contributed by atoms with Crippen molar-refractivity contribution in [2.45, 2.75) is 60.3 Å². The summed E-state index contributed by atoms with van der Waals surface area (Å²) < 4.78 is 11.0. The lowest BCUT2D eigenvalue weighted by Gasteiger charge is -2.22. The molecule has 0 unspecified atom stereocenters. The van der Waals surface area contributed by atoms with Crippen LogP contribution in [-0.4, -0.2) is 19.1 Å². The van der Waals surface area contributed by atoms with Gasteiger partial charge < -0.3 is 4.74 Å². The Hall–Kier alpha value is -4.90. The van der Waals surface area contributed by atoms with Crippen LogP contribution in [0.1, 0.15) is 67.3 Å². The molecule has 5 heteroatoms. The highest BCUT2D eigenvalue weighted by molar-refractivity contribution is 5.65. The molecule has 6 aromatic rings. The lowest BCUT2D eigenvalue weighted by molar-refractivity contribution is 0.434. The van der Waals surface area contributed by atoms with Gasteiger partial charge in [-0.2, -0.15) is 4.98 Å². The number of ether oxygens (including phenoxy) is 1. The molecule has 0 saturated heterocycles. The molecule has 0 aliphatic rings. The summed E-state index contributed by atoms with van der Waals surface area (Å²) in [6.07, 6.45) is 5.99. The molecule has 0 saturated carbocycles. The zero-order valence-electron chi connectivity index (χ0n) is 26.7. The van der Waals surface area contributed by atoms with Crippen LogP contribution in [0.25, 0.3) is 34.0 Å². The number of imidazole rings is 2. The van der Waals surface area contributed by atoms with E-state index < -0.39 is 0 Å². The van der Waals surface area contributed by atoms with E-state index in [0.717, 1.165) is 34.0 Å². The maximum Gasteiger partial charge on any atom is 0.307 e. The summed E-state index contributed by atoms with van der Waals surface area (Å²) in [6.45, 7) is 15.4. The smallest absolute Gasteiger partial charge is 0.307 e. The summed E-state index contributed by atoms with van der Waals surface area (Å²) in [5.41, 5.74) is 11.4. The minimum Gasteiger partial charge on any atom is -0.425 e. The van der Waals surface area contributed by atoms with Gasteiger partial charge in [0.05, 0.1) is 17.1 Å². The Morgan fingerprint density at radius 2 is 1.30 bits per heavy atom. The molecule has 44 heavy (non-hydrogen) atoms. The first-order chi connectivity index (χ1) is 21.2. The maximum absolute atomic E-state index is 6.71. The van der Waals surface area contributed by atoms with Crippen LogP contribution in [0.4, 0.5) is 0 Å². The predicted octanol–water partition coefficient (Wildman–Crippen LogP) is 10.4. The highest BCUT2D eigenvalue weighted by Gasteiger charge is 2.22. The van der Waals surface area contributed by atoms with E-state index in [2.05, 4.69) is 118 Å². The fourth-order valence-corrected chi connectivity index (χ4v) is 6.02. The molecule has 0 bridgehead atoms. The van der Waals surface area contributed by atoms with Crippen LogP contribution >= 0.6 is 0 Å². The summed E-state index contributed by atoms with van der Waals surface area (Å²) in [4.78, 5) is 9.84. The number of hydrogen-bond donors (Lipinski definition) is 0. The molecule has 2 heterocycles. The fourth-order valence-electron chi connectivity index (χ4n) is 6.02. The van der Waals surface area contributed by atoms with Crippen molar-refractivity contribution in [1.29, 1.82) is 0 Å². The monoisotopic (exact) mass is 580 g/mol. The van der Waals surface area contributed by atoms with Crippen molar-refractivity contribution in [2.75, 3.05) is 0 Å². The van der Waals surface area contributed by atoms with E-state index in [1.165, 1.54) is 27.8 Å². The van der Waals surface area contributed by atoms with E-state index in [-0.39, 0.29) is 0 Å². The topological polar surface area (TPSA) is 44.9 Å². The Balaban J connectivity index is 1.48. The molecule has 5 nitrogen and oxygen atoms in total. The largest absolute Gasteiger partial charge is 0.425 e. The number of aryl methyl sites for hydroxylation is 3. The first-order valence-corrected chi connectivity index (χ1v) is 15.4. The van der Waals surface area contributed by atoms with E-state index >= 15 is 0 Å². The molecular weight excluding hydrogens is 540 g/mol. The van der Waals surface area contributed by atoms with Crippen LogP contribution in [-0.2, 0) is 0 Å². The molecule has 4 aromatic carbocycles. The third kappa shape index (κ3) is 5.58. The molecule has 0 aliphatic heterocycles. The molecule has 0 N–H and O–H groups in total. The Morgan fingerprint density at radius 3 is 1.95 bits per heavy atom. The molecule has 0 amide bonds. The van der Waals surface area contributed by atoms with Gasteiger partial charge in [0.15, 0.2) is 0 Å². The minimum atomic E-state index is 0.324. The summed E-state index contributed by atoms with van der Waals surface area (Å²) in [5.74, 6) is 2.22. The van der Waals surface area contributed by atoms with E-state index in [4.69, 9.17) is 14.7 Å². The molecule has 0 spiro atoms. The molecule has 222 valence electrons. The van der Waals surface area contributed by atoms with E-state index in [0.29, 0.717) is 23.6 Å². The van der Waals surface area contributed by atoms with Gasteiger partial charge in [-0.3, -0.25) is 9.13 Å². The molecule has 2 aromatic heterocycles. The standard InChI is InChI=1S/C39H40N4O/c1-25(2)33-21-27(5)22-34(26(3)4)37(33)43-24-35(30-15-9-8-10-16-30)41-39(43)44-32-18-12-17-31(23-32)38-40-19-20-42(38)36-28(6)13-11-14-29(36)7/h8-26H,1-7H3. The molecule has 0 aliphatic carbocycles. The van der Waals surface area contributed by atoms with Crippen LogP contribution in [0.15, 0.2) is 104 Å². The van der Waals surface area contributed by atoms with E-state index in [9.17, 15) is 0 Å². The average Bonchev–Trinajstić information content (AvgIpc) is 3.65. The molecular formula is C39H40N4O. The summed E-state index contributed by atoms with van der Waals surface area (Å²) in [7, 11) is 0. The number of hydrogen-bond acceptors (Lipinski definition) is 3. The van der Waals surface area contributed by atoms with Crippen LogP contribution in [0.2, 0.25) is 0 Å². The van der Waals surface area contributed by atoms with Gasteiger partial charge in [-0.05, 0) is 67.0 Å². The normalized spacial score (nSPS) is 11.5. The lowest BCUT2D eigenvalue weighted by Crippen LogP contribution is -2.08. The summed E-state index contributed by atoms with van der Waals surface area (Å²) in [5, 5.41) is 0. The molecule has 0 atom stereocenters. The first-order valence-electron chi connectivity index (χ1n) is 15.4. The van der Waals surface area contributed by atoms with Crippen molar-refractivity contribution in [3.8, 4) is 45.8 Å². The number of para-hydroxylation sites is 1. The molecule has 0 radical (unpaired) electrons. The Morgan fingerprint density at radius 1 is 0.659 bits per heavy atom. The van der Waals surface area contributed by atoms with Crippen LogP contribution in [0.5, 0.6) is 11.8 Å². The van der Waals surface area contributed by atoms with Crippen LogP contribution in [0.3, 0.4) is 0 Å². The highest BCUT2D eigenvalue weighted by Crippen LogP contribution is 2.38. The molecule has 6 rings (SSSR count). The summed E-state index contributed by atoms with van der Waals surface area (Å²) >= 11 is 0. The van der Waals surface area contributed by atoms with Gasteiger partial charge in [0.1, 0.15) is 11.6 Å². The Bertz CT molecular complexity index is 1880. The minimum absolute atomic E-state index is 0.324. The Labute approximate surface area is 260 Å². The van der Waals surface area contributed by atoms with Crippen molar-refractivity contribution in [1.82, 2.24) is 19.1 Å². The predicted molar refractivity (Wildman–Crippen MR) is 180 cm³/mol. The second-order valence-corrected chi connectivity index (χ2v) is 12.2. The fraction of sp³-hybridized carbons (Fsp3) is 0.231. The lowest BCUT2D eigenvalue weighted by atomic mass is 9.90. The van der Waals surface area contributed by atoms with Crippen LogP contribution in [0, 0.1) is 20.8 Å². The zero-order chi connectivity index (χ0) is 31.0. The zero-order valence-corrected chi connectivity index (χ0v) is 26.7. The third-order valence-electron chi connectivity index (χ3n) is 8.16. The van der Waals surface area contributed by atoms with Crippen molar-refractivity contribution in [3.63, 3.8) is 0 Å². The maximum atomic E-state index is 6.71. The van der Waals surface area contributed by atoms with Gasteiger partial charge in [0.25, 0.3) is 0 Å². The second kappa shape index (κ2) is 12.0. The highest BCUT2D eigenvalue weighted by atomic mass is 16.5. The van der Waals surface area contributed by atoms with Gasteiger partial charge in [-0.15, -0.1) is 0 Å². The van der Waals surface area contributed by atoms with Gasteiger partial charge in [-0.1, -0.05) is 106 Å². The van der Waals surface area contributed by atoms with Crippen molar-refractivity contribution >= 4 is 0 Å². The molecule has 0 fully saturated rings. The average molecular weight is 581 g/mol. The van der Waals surface area contributed by atoms with Crippen molar-refractivity contribution < 1.29 is 4.74 Å². The second-order valence-electron chi connectivity index (χ2n) is 12.2. The SMILES string of the molecule is Cc1cc(C(C)C)c(-n2cc(-c3ccccc3)nc2Oc2cccc(-c3nccn3-c3c(C)cccc3C)c2)c(C(C)C)c1. The Kier molecular flexibility index (Phi) is 7.96. The summed E-state index contributed by atoms with van der Waals surface area (Å²) in [6, 6.07) is 29.9. The van der Waals surface area contributed by atoms with E-state index in [1.807, 2.05) is 42.7 Å². The number of nitrogens with zero attached hydrogens (tertiary/aromatic N) is 4. The quantitative estimate of drug-likeness (QED) is 0.180. The number of rotatable bonds is 8. The van der Waals surface area contributed by atoms with Crippen LogP contribution < -0.4 is 4.74 Å². The number of benzene rings is 4. The number of aromatic nitrogens is 4. The van der Waals surface area contributed by atoms with Gasteiger partial charge >= 0.3 is 6.01 Å². The first kappa shape index (κ1) is 29.2. The van der Waals surface area contributed by atoms with Gasteiger partial charge in [0, 0.05) is 29.7 Å². The van der Waals surface area contributed by atoms with E-state index in [1.54, 1.807) is 0 Å². The van der Waals surface area contributed by atoms with Crippen molar-refractivity contribution in [2.24, 2.45) is 0 Å². The van der Waals surface area contributed by atoms with Gasteiger partial charge in [-0.25, -0.2) is 4.98 Å². The van der Waals surface area contributed by atoms with Gasteiger partial charge in [0.2, 0.25) is 0 Å². The third-order valence-corrected chi connectivity index (χ3v) is 8.16. The van der Waals surface area contributed by atoms with Crippen molar-refractivity contribution in [3.05, 3.63) is 131 Å².